The van der Waals surface area contributed by atoms with E-state index in [0.29, 0.717) is 24.2 Å². The summed E-state index contributed by atoms with van der Waals surface area (Å²) in [6, 6.07) is 21.8. The van der Waals surface area contributed by atoms with Crippen molar-refractivity contribution < 1.29 is 13.7 Å². The van der Waals surface area contributed by atoms with Crippen LogP contribution >= 0.6 is 12.0 Å². The molecule has 4 aromatic heterocycles. The summed E-state index contributed by atoms with van der Waals surface area (Å²) in [7, 11) is 4.93. The van der Waals surface area contributed by atoms with Crippen LogP contribution in [0, 0.1) is 0 Å². The normalized spacial score (nSPS) is 11.1. The number of methoxy groups -OCH3 is 2. The molecule has 0 bridgehead atoms. The van der Waals surface area contributed by atoms with Crippen molar-refractivity contribution in [3.05, 3.63) is 96.4 Å². The minimum atomic E-state index is 0.519. The Kier molecular flexibility index (Phi) is 8.02. The molecule has 10 nitrogen and oxygen atoms in total. The van der Waals surface area contributed by atoms with Crippen molar-refractivity contribution >= 4 is 40.2 Å². The molecule has 0 spiro atoms. The molecule has 0 saturated heterocycles. The number of nitrogens with one attached hydrogen (secondary N) is 2. The maximum absolute atomic E-state index is 5.31. The van der Waals surface area contributed by atoms with Gasteiger partial charge < -0.3 is 24.3 Å². The van der Waals surface area contributed by atoms with Crippen LogP contribution in [-0.4, -0.2) is 45.7 Å². The number of hydrogen-bond acceptors (Lipinski definition) is 10. The molecule has 0 aliphatic heterocycles. The van der Waals surface area contributed by atoms with Crippen LogP contribution in [0.1, 0.15) is 11.1 Å². The van der Waals surface area contributed by atoms with Gasteiger partial charge in [0.05, 0.1) is 50.0 Å². The molecule has 6 aromatic rings. The quantitative estimate of drug-likeness (QED) is 0.135. The molecule has 4 heterocycles. The van der Waals surface area contributed by atoms with E-state index in [9.17, 15) is 0 Å². The fourth-order valence-electron chi connectivity index (χ4n) is 4.82. The minimum absolute atomic E-state index is 0.519. The van der Waals surface area contributed by atoms with E-state index < -0.39 is 0 Å². The molecular formula is C31H29N7O3S. The third-order valence-electron chi connectivity index (χ3n) is 6.83. The van der Waals surface area contributed by atoms with E-state index in [2.05, 4.69) is 15.6 Å². The van der Waals surface area contributed by atoms with Gasteiger partial charge in [0.2, 0.25) is 11.1 Å². The van der Waals surface area contributed by atoms with Crippen molar-refractivity contribution in [1.82, 2.24) is 24.3 Å². The molecule has 0 amide bonds. The van der Waals surface area contributed by atoms with E-state index in [0.717, 1.165) is 68.2 Å². The number of rotatable bonds is 11. The van der Waals surface area contributed by atoms with Crippen LogP contribution in [0.5, 0.6) is 11.5 Å². The molecule has 0 unspecified atom stereocenters. The number of hydrogen-bond donors (Lipinski definition) is 2. The Morgan fingerprint density at radius 2 is 1.36 bits per heavy atom. The summed E-state index contributed by atoms with van der Waals surface area (Å²) < 4.78 is 17.9. The van der Waals surface area contributed by atoms with Crippen molar-refractivity contribution in [1.29, 1.82) is 0 Å². The van der Waals surface area contributed by atoms with Crippen LogP contribution in [0.3, 0.4) is 0 Å². The lowest BCUT2D eigenvalue weighted by molar-refractivity contribution is 0.414. The first-order valence-corrected chi connectivity index (χ1v) is 14.0. The second-order valence-corrected chi connectivity index (χ2v) is 10.2. The third-order valence-corrected chi connectivity index (χ3v) is 7.34. The van der Waals surface area contributed by atoms with Crippen molar-refractivity contribution in [3.8, 4) is 22.8 Å². The Labute approximate surface area is 247 Å². The van der Waals surface area contributed by atoms with Gasteiger partial charge >= 0.3 is 0 Å². The van der Waals surface area contributed by atoms with Crippen molar-refractivity contribution in [2.45, 2.75) is 18.2 Å². The largest absolute Gasteiger partial charge is 0.497 e. The Morgan fingerprint density at radius 3 is 2.02 bits per heavy atom. The van der Waals surface area contributed by atoms with E-state index in [1.165, 1.54) is 0 Å². The molecule has 0 radical (unpaired) electrons. The van der Waals surface area contributed by atoms with Crippen LogP contribution in [0.25, 0.3) is 27.8 Å². The molecule has 2 aromatic carbocycles. The lowest BCUT2D eigenvalue weighted by Crippen LogP contribution is -2.06. The van der Waals surface area contributed by atoms with Gasteiger partial charge in [-0.05, 0) is 53.6 Å². The molecule has 0 atom stereocenters. The zero-order valence-corrected chi connectivity index (χ0v) is 24.2. The first-order valence-electron chi connectivity index (χ1n) is 13.2. The Balaban J connectivity index is 1.46. The summed E-state index contributed by atoms with van der Waals surface area (Å²) in [5, 5.41) is 8.57. The standard InChI is InChI=1S/C31H29N7O3S/c1-39-22-8-4-20(5-9-22)18-35-24-12-15-32-29-28(24)27(25-13-16-34-31(37-25)42-41-3)26-14-17-33-30(38(26)29)36-19-21-6-10-23(40-2)11-7-21/h4-17H,18-19H2,1-3H3,(H,32,35)(H,33,36). The molecule has 2 N–H and O–H groups in total. The molecule has 0 saturated carbocycles. The summed E-state index contributed by atoms with van der Waals surface area (Å²) >= 11 is 1.12. The summed E-state index contributed by atoms with van der Waals surface area (Å²) in [4.78, 5) is 18.7. The number of aromatic nitrogens is 5. The first-order chi connectivity index (χ1) is 20.7. The number of fused-ring (bicyclic) bond motifs is 3. The zero-order valence-electron chi connectivity index (χ0n) is 23.4. The molecule has 0 fully saturated rings. The monoisotopic (exact) mass is 579 g/mol. The second kappa shape index (κ2) is 12.3. The van der Waals surface area contributed by atoms with Gasteiger partial charge in [-0.1, -0.05) is 24.3 Å². The predicted molar refractivity (Wildman–Crippen MR) is 165 cm³/mol. The average Bonchev–Trinajstić information content (AvgIpc) is 3.39. The van der Waals surface area contributed by atoms with Gasteiger partial charge in [-0.15, -0.1) is 0 Å². The Hall–Kier alpha value is -4.87. The summed E-state index contributed by atoms with van der Waals surface area (Å²) in [6.07, 6.45) is 5.34. The molecule has 11 heteroatoms. The van der Waals surface area contributed by atoms with Crippen LogP contribution in [0.4, 0.5) is 11.6 Å². The number of benzene rings is 2. The highest BCUT2D eigenvalue weighted by Gasteiger charge is 2.21. The maximum atomic E-state index is 5.31. The van der Waals surface area contributed by atoms with Crippen LogP contribution in [0.15, 0.2) is 90.5 Å². The molecule has 42 heavy (non-hydrogen) atoms. The molecular weight excluding hydrogens is 550 g/mol. The van der Waals surface area contributed by atoms with Gasteiger partial charge in [-0.3, -0.25) is 4.40 Å². The van der Waals surface area contributed by atoms with Gasteiger partial charge in [-0.25, -0.2) is 19.9 Å². The highest BCUT2D eigenvalue weighted by molar-refractivity contribution is 7.94. The van der Waals surface area contributed by atoms with Gasteiger partial charge in [-0.2, -0.15) is 0 Å². The minimum Gasteiger partial charge on any atom is -0.497 e. The van der Waals surface area contributed by atoms with Crippen molar-refractivity contribution in [3.63, 3.8) is 0 Å². The predicted octanol–water partition coefficient (Wildman–Crippen LogP) is 6.23. The van der Waals surface area contributed by atoms with Crippen LogP contribution in [0.2, 0.25) is 0 Å². The maximum Gasteiger partial charge on any atom is 0.215 e. The van der Waals surface area contributed by atoms with Gasteiger partial charge in [0.15, 0.2) is 0 Å². The molecule has 212 valence electrons. The number of anilines is 2. The van der Waals surface area contributed by atoms with Crippen LogP contribution in [-0.2, 0) is 17.3 Å². The first kappa shape index (κ1) is 27.3. The van der Waals surface area contributed by atoms with Gasteiger partial charge in [0.1, 0.15) is 17.1 Å². The van der Waals surface area contributed by atoms with E-state index in [1.54, 1.807) is 39.9 Å². The highest BCUT2D eigenvalue weighted by atomic mass is 32.2. The summed E-state index contributed by atoms with van der Waals surface area (Å²) in [5.41, 5.74) is 6.49. The van der Waals surface area contributed by atoms with Crippen LogP contribution < -0.4 is 20.1 Å². The van der Waals surface area contributed by atoms with E-state index in [4.69, 9.17) is 28.6 Å². The summed E-state index contributed by atoms with van der Waals surface area (Å²) in [5.74, 6) is 2.30. The lowest BCUT2D eigenvalue weighted by atomic mass is 10.1. The highest BCUT2D eigenvalue weighted by Crippen LogP contribution is 2.39. The summed E-state index contributed by atoms with van der Waals surface area (Å²) in [6.45, 7) is 1.19. The topological polar surface area (TPSA) is 108 Å². The zero-order chi connectivity index (χ0) is 28.9. The molecule has 0 aliphatic rings. The van der Waals surface area contributed by atoms with E-state index in [-0.39, 0.29) is 0 Å². The fourth-order valence-corrected chi connectivity index (χ4v) is 5.21. The Bertz CT molecular complexity index is 1830. The van der Waals surface area contributed by atoms with Crippen molar-refractivity contribution in [2.75, 3.05) is 32.0 Å². The second-order valence-electron chi connectivity index (χ2n) is 9.30. The van der Waals surface area contributed by atoms with E-state index >= 15 is 0 Å². The SMILES string of the molecule is COSc1nccc(-c2c3c(NCc4ccc(OC)cc4)ccnc3n3c(NCc4ccc(OC)cc4)nccc23)n1. The third kappa shape index (κ3) is 5.52. The number of nitrogens with zero attached hydrogens (tertiary/aromatic N) is 5. The lowest BCUT2D eigenvalue weighted by Gasteiger charge is -2.10. The average molecular weight is 580 g/mol. The number of pyridine rings is 1. The van der Waals surface area contributed by atoms with Crippen molar-refractivity contribution in [2.24, 2.45) is 0 Å². The Morgan fingerprint density at radius 1 is 0.714 bits per heavy atom. The molecule has 0 aliphatic carbocycles. The smallest absolute Gasteiger partial charge is 0.215 e. The van der Waals surface area contributed by atoms with E-state index in [1.807, 2.05) is 71.1 Å². The van der Waals surface area contributed by atoms with Gasteiger partial charge in [0.25, 0.3) is 0 Å². The molecule has 6 rings (SSSR count). The van der Waals surface area contributed by atoms with Gasteiger partial charge in [0, 0.05) is 42.9 Å². The number of ether oxygens (including phenoxy) is 2. The fraction of sp³-hybridized carbons (Fsp3) is 0.161.